The monoisotopic (exact) mass is 462 g/mol. The van der Waals surface area contributed by atoms with Gasteiger partial charge in [-0.3, -0.25) is 4.68 Å². The molecule has 2 nitrogen and oxygen atoms in total. The summed E-state index contributed by atoms with van der Waals surface area (Å²) in [5, 5.41) is 5.97. The van der Waals surface area contributed by atoms with E-state index in [0.717, 1.165) is 27.8 Å². The van der Waals surface area contributed by atoms with Crippen LogP contribution < -0.4 is 0 Å². The molecule has 0 amide bonds. The van der Waals surface area contributed by atoms with E-state index in [1.165, 1.54) is 0 Å². The van der Waals surface area contributed by atoms with Crippen LogP contribution in [0, 0.1) is 6.07 Å². The van der Waals surface area contributed by atoms with E-state index in [1.807, 2.05) is 53.2 Å². The fourth-order valence-corrected chi connectivity index (χ4v) is 2.57. The molecule has 1 aromatic heterocycles. The largest absolute Gasteiger partial charge is 0.257 e. The van der Waals surface area contributed by atoms with Crippen molar-refractivity contribution in [2.24, 2.45) is 0 Å². The molecule has 0 atom stereocenters. The van der Waals surface area contributed by atoms with E-state index >= 15 is 0 Å². The molecule has 0 saturated heterocycles. The SMILES string of the molecule is [Ir].[c-]1ccccc1-n1nc(-c2ccccc2)c2ccccc21. The summed E-state index contributed by atoms with van der Waals surface area (Å²) in [4.78, 5) is 0. The fraction of sp³-hybridized carbons (Fsp3) is 0. The number of para-hydroxylation sites is 2. The Hall–Kier alpha value is -2.22. The first-order valence-corrected chi connectivity index (χ1v) is 6.94. The van der Waals surface area contributed by atoms with Gasteiger partial charge in [0, 0.05) is 31.1 Å². The predicted molar refractivity (Wildman–Crippen MR) is 85.3 cm³/mol. The van der Waals surface area contributed by atoms with Crippen LogP contribution in [-0.4, -0.2) is 9.78 Å². The van der Waals surface area contributed by atoms with Gasteiger partial charge in [0.1, 0.15) is 5.69 Å². The second-order valence-electron chi connectivity index (χ2n) is 4.89. The van der Waals surface area contributed by atoms with Crippen molar-refractivity contribution in [2.45, 2.75) is 0 Å². The van der Waals surface area contributed by atoms with E-state index in [-0.39, 0.29) is 20.1 Å². The standard InChI is InChI=1S/C19H13N2.Ir/c1-3-9-15(10-4-1)19-17-13-7-8-14-18(17)21(20-19)16-11-5-2-6-12-16;/h1-11,13-14H;/q-1;. The molecular formula is C19H13IrN2-. The third kappa shape index (κ3) is 2.50. The topological polar surface area (TPSA) is 17.8 Å². The second kappa shape index (κ2) is 6.27. The van der Waals surface area contributed by atoms with Crippen LogP contribution in [0.2, 0.25) is 0 Å². The quantitative estimate of drug-likeness (QED) is 0.402. The Morgan fingerprint density at radius 3 is 2.27 bits per heavy atom. The molecule has 0 fully saturated rings. The van der Waals surface area contributed by atoms with Crippen LogP contribution in [0.1, 0.15) is 0 Å². The summed E-state index contributed by atoms with van der Waals surface area (Å²) >= 11 is 0. The maximum Gasteiger partial charge on any atom is 0.101 e. The van der Waals surface area contributed by atoms with E-state index in [9.17, 15) is 0 Å². The first-order chi connectivity index (χ1) is 10.4. The third-order valence-corrected chi connectivity index (χ3v) is 3.56. The number of hydrogen-bond acceptors (Lipinski definition) is 1. The van der Waals surface area contributed by atoms with Crippen molar-refractivity contribution in [2.75, 3.05) is 0 Å². The molecule has 1 radical (unpaired) electrons. The van der Waals surface area contributed by atoms with Gasteiger partial charge in [0.2, 0.25) is 0 Å². The Labute approximate surface area is 142 Å². The molecule has 0 aliphatic rings. The Morgan fingerprint density at radius 1 is 0.773 bits per heavy atom. The summed E-state index contributed by atoms with van der Waals surface area (Å²) in [6, 6.07) is 29.7. The minimum Gasteiger partial charge on any atom is -0.257 e. The Balaban J connectivity index is 0.00000144. The molecule has 0 aliphatic carbocycles. The summed E-state index contributed by atoms with van der Waals surface area (Å²) in [5.41, 5.74) is 4.18. The van der Waals surface area contributed by atoms with E-state index in [4.69, 9.17) is 5.10 Å². The number of nitrogens with zero attached hydrogens (tertiary/aromatic N) is 2. The van der Waals surface area contributed by atoms with Gasteiger partial charge in [-0.05, 0) is 11.8 Å². The first-order valence-electron chi connectivity index (χ1n) is 6.94. The average molecular weight is 462 g/mol. The summed E-state index contributed by atoms with van der Waals surface area (Å²) in [6.07, 6.45) is 0. The van der Waals surface area contributed by atoms with Gasteiger partial charge >= 0.3 is 0 Å². The van der Waals surface area contributed by atoms with Gasteiger partial charge < -0.3 is 0 Å². The summed E-state index contributed by atoms with van der Waals surface area (Å²) in [7, 11) is 0. The van der Waals surface area contributed by atoms with Crippen LogP contribution in [0.25, 0.3) is 27.8 Å². The van der Waals surface area contributed by atoms with Crippen molar-refractivity contribution in [3.05, 3.63) is 84.9 Å². The van der Waals surface area contributed by atoms with Gasteiger partial charge in [-0.15, -0.1) is 6.07 Å². The maximum absolute atomic E-state index is 4.82. The molecule has 1 heterocycles. The predicted octanol–water partition coefficient (Wildman–Crippen LogP) is 4.49. The van der Waals surface area contributed by atoms with Crippen molar-refractivity contribution in [3.63, 3.8) is 0 Å². The van der Waals surface area contributed by atoms with Gasteiger partial charge in [-0.1, -0.05) is 48.5 Å². The van der Waals surface area contributed by atoms with E-state index in [1.54, 1.807) is 0 Å². The molecule has 3 aromatic carbocycles. The average Bonchev–Trinajstić information content (AvgIpc) is 2.96. The Kier molecular flexibility index (Phi) is 4.19. The van der Waals surface area contributed by atoms with Crippen molar-refractivity contribution in [1.29, 1.82) is 0 Å². The van der Waals surface area contributed by atoms with Crippen LogP contribution >= 0.6 is 0 Å². The van der Waals surface area contributed by atoms with Gasteiger partial charge in [-0.25, -0.2) is 0 Å². The van der Waals surface area contributed by atoms with E-state index < -0.39 is 0 Å². The van der Waals surface area contributed by atoms with E-state index in [0.29, 0.717) is 0 Å². The number of benzene rings is 3. The summed E-state index contributed by atoms with van der Waals surface area (Å²) < 4.78 is 1.96. The molecule has 0 N–H and O–H groups in total. The van der Waals surface area contributed by atoms with Crippen LogP contribution in [0.5, 0.6) is 0 Å². The minimum atomic E-state index is 0. The maximum atomic E-state index is 4.82. The Bertz CT molecular complexity index is 810. The van der Waals surface area contributed by atoms with Gasteiger partial charge in [-0.2, -0.15) is 29.4 Å². The van der Waals surface area contributed by atoms with Crippen molar-refractivity contribution >= 4 is 10.9 Å². The number of hydrogen-bond donors (Lipinski definition) is 0. The van der Waals surface area contributed by atoms with Crippen LogP contribution in [0.4, 0.5) is 0 Å². The zero-order valence-electron chi connectivity index (χ0n) is 11.7. The molecule has 4 rings (SSSR count). The van der Waals surface area contributed by atoms with Crippen molar-refractivity contribution in [3.8, 4) is 16.9 Å². The molecule has 4 aromatic rings. The molecule has 0 unspecified atom stereocenters. The Morgan fingerprint density at radius 2 is 1.50 bits per heavy atom. The molecular weight excluding hydrogens is 448 g/mol. The smallest absolute Gasteiger partial charge is 0.101 e. The minimum absolute atomic E-state index is 0. The molecule has 0 bridgehead atoms. The zero-order valence-corrected chi connectivity index (χ0v) is 14.1. The molecule has 22 heavy (non-hydrogen) atoms. The molecule has 0 aliphatic heterocycles. The van der Waals surface area contributed by atoms with Crippen LogP contribution in [0.15, 0.2) is 78.9 Å². The van der Waals surface area contributed by atoms with Gasteiger partial charge in [0.15, 0.2) is 0 Å². The third-order valence-electron chi connectivity index (χ3n) is 3.56. The number of aromatic nitrogens is 2. The van der Waals surface area contributed by atoms with Crippen molar-refractivity contribution < 1.29 is 20.1 Å². The molecule has 109 valence electrons. The van der Waals surface area contributed by atoms with Crippen LogP contribution in [-0.2, 0) is 20.1 Å². The summed E-state index contributed by atoms with van der Waals surface area (Å²) in [5.74, 6) is 0. The van der Waals surface area contributed by atoms with Gasteiger partial charge in [0.05, 0.1) is 5.52 Å². The van der Waals surface area contributed by atoms with Crippen LogP contribution in [0.3, 0.4) is 0 Å². The van der Waals surface area contributed by atoms with Crippen molar-refractivity contribution in [1.82, 2.24) is 9.78 Å². The fourth-order valence-electron chi connectivity index (χ4n) is 2.57. The molecule has 0 saturated carbocycles. The number of rotatable bonds is 2. The molecule has 0 spiro atoms. The zero-order chi connectivity index (χ0) is 14.1. The normalized spacial score (nSPS) is 10.4. The second-order valence-corrected chi connectivity index (χ2v) is 4.89. The summed E-state index contributed by atoms with van der Waals surface area (Å²) in [6.45, 7) is 0. The molecule has 3 heteroatoms. The van der Waals surface area contributed by atoms with E-state index in [2.05, 4.69) is 36.4 Å². The number of fused-ring (bicyclic) bond motifs is 1. The first kappa shape index (κ1) is 14.7. The van der Waals surface area contributed by atoms with Gasteiger partial charge in [0.25, 0.3) is 0 Å².